The molecule has 6 nitrogen and oxygen atoms in total. The van der Waals surface area contributed by atoms with Crippen LogP contribution < -0.4 is 11.5 Å². The summed E-state index contributed by atoms with van der Waals surface area (Å²) in [4.78, 5) is 23.4. The van der Waals surface area contributed by atoms with Crippen LogP contribution in [0.1, 0.15) is 32.3 Å². The smallest absolute Gasteiger partial charge is 0.352 e. The summed E-state index contributed by atoms with van der Waals surface area (Å²) in [5.41, 5.74) is 8.06. The molecule has 0 aliphatic rings. The molecule has 0 fully saturated rings. The van der Waals surface area contributed by atoms with Crippen LogP contribution >= 0.6 is 11.6 Å². The highest BCUT2D eigenvalue weighted by atomic mass is 35.5. The fourth-order valence-electron chi connectivity index (χ4n) is 2.32. The molecule has 0 bridgehead atoms. The number of aryl methyl sites for hydroxylation is 1. The number of carboxylic acid groups (broad SMARTS) is 1. The fourth-order valence-corrected chi connectivity index (χ4v) is 2.55. The minimum atomic E-state index is -2.66. The maximum atomic E-state index is 12.4. The number of nitrogens with two attached hydrogens (primary N) is 2. The first-order chi connectivity index (χ1) is 10.5. The molecular weight excluding hydrogens is 320 g/mol. The molecule has 1 unspecified atom stereocenters. The third-order valence-corrected chi connectivity index (χ3v) is 4.49. The number of hydrogen-bond acceptors (Lipinski definition) is 5. The van der Waals surface area contributed by atoms with Gasteiger partial charge in [0.25, 0.3) is 0 Å². The molecule has 7 heteroatoms. The molecule has 0 aliphatic heterocycles. The van der Waals surface area contributed by atoms with Crippen LogP contribution in [0.3, 0.4) is 0 Å². The largest absolute Gasteiger partial charge is 0.478 e. The number of carboxylic acids is 1. The van der Waals surface area contributed by atoms with Gasteiger partial charge >= 0.3 is 5.97 Å². The van der Waals surface area contributed by atoms with Gasteiger partial charge < -0.3 is 15.9 Å². The zero-order valence-corrected chi connectivity index (χ0v) is 14.0. The van der Waals surface area contributed by atoms with E-state index >= 15 is 0 Å². The van der Waals surface area contributed by atoms with Gasteiger partial charge in [0.2, 0.25) is 5.72 Å². The average Bonchev–Trinajstić information content (AvgIpc) is 2.47. The van der Waals surface area contributed by atoms with Crippen LogP contribution in [0.25, 0.3) is 0 Å². The molecule has 0 heterocycles. The standard InChI is InChI=1S/C16H23ClN2O4/c1-15(2,13(18)16(19,23)14(21)22)12(20)9-5-7-10-6-3-4-8-11(10)17/h3-4,6,8,13,23H,5,7,9,18-19H2,1-2H3,(H,21,22)/t13?,16-/m0/s1. The number of rotatable bonds is 8. The third kappa shape index (κ3) is 4.51. The summed E-state index contributed by atoms with van der Waals surface area (Å²) in [5.74, 6) is -1.93. The van der Waals surface area contributed by atoms with E-state index in [0.29, 0.717) is 17.9 Å². The van der Waals surface area contributed by atoms with Crippen LogP contribution in [0.5, 0.6) is 0 Å². The van der Waals surface area contributed by atoms with Gasteiger partial charge in [0.05, 0.1) is 6.04 Å². The molecule has 0 radical (unpaired) electrons. The molecule has 23 heavy (non-hydrogen) atoms. The van der Waals surface area contributed by atoms with E-state index < -0.39 is 23.2 Å². The molecule has 0 aliphatic carbocycles. The van der Waals surface area contributed by atoms with E-state index in [-0.39, 0.29) is 12.2 Å². The van der Waals surface area contributed by atoms with Crippen molar-refractivity contribution in [2.75, 3.05) is 0 Å². The van der Waals surface area contributed by atoms with Crippen LogP contribution in [-0.4, -0.2) is 33.7 Å². The normalized spacial score (nSPS) is 15.7. The molecular formula is C16H23ClN2O4. The predicted octanol–water partition coefficient (Wildman–Crippen LogP) is 1.32. The molecule has 128 valence electrons. The molecule has 2 atom stereocenters. The zero-order chi connectivity index (χ0) is 17.8. The van der Waals surface area contributed by atoms with Gasteiger partial charge in [-0.15, -0.1) is 0 Å². The lowest BCUT2D eigenvalue weighted by Gasteiger charge is -2.37. The summed E-state index contributed by atoms with van der Waals surface area (Å²) in [7, 11) is 0. The van der Waals surface area contributed by atoms with Crippen LogP contribution in [0.15, 0.2) is 24.3 Å². The third-order valence-electron chi connectivity index (χ3n) is 4.12. The first-order valence-electron chi connectivity index (χ1n) is 7.28. The summed E-state index contributed by atoms with van der Waals surface area (Å²) in [5, 5.41) is 19.3. The molecule has 0 amide bonds. The molecule has 6 N–H and O–H groups in total. The highest BCUT2D eigenvalue weighted by Crippen LogP contribution is 2.28. The molecule has 0 aromatic heterocycles. The second-order valence-electron chi connectivity index (χ2n) is 6.20. The number of carbonyl (C=O) groups is 2. The van der Waals surface area contributed by atoms with Crippen molar-refractivity contribution in [3.63, 3.8) is 0 Å². The van der Waals surface area contributed by atoms with Gasteiger partial charge in [-0.05, 0) is 24.5 Å². The van der Waals surface area contributed by atoms with E-state index in [0.717, 1.165) is 5.56 Å². The molecule has 1 rings (SSSR count). The average molecular weight is 343 g/mol. The van der Waals surface area contributed by atoms with Crippen molar-refractivity contribution >= 4 is 23.4 Å². The van der Waals surface area contributed by atoms with E-state index in [2.05, 4.69) is 0 Å². The Kier molecular flexibility index (Phi) is 6.30. The number of carbonyl (C=O) groups excluding carboxylic acids is 1. The lowest BCUT2D eigenvalue weighted by Crippen LogP contribution is -2.67. The predicted molar refractivity (Wildman–Crippen MR) is 87.9 cm³/mol. The number of Topliss-reactive ketones (excluding diaryl/α,β-unsaturated/α-hetero) is 1. The van der Waals surface area contributed by atoms with Crippen LogP contribution in [-0.2, 0) is 16.0 Å². The van der Waals surface area contributed by atoms with Crippen LogP contribution in [0.4, 0.5) is 0 Å². The van der Waals surface area contributed by atoms with Crippen molar-refractivity contribution in [3.8, 4) is 0 Å². The maximum Gasteiger partial charge on any atom is 0.352 e. The van der Waals surface area contributed by atoms with E-state index in [1.54, 1.807) is 6.07 Å². The Morgan fingerprint density at radius 1 is 1.30 bits per heavy atom. The van der Waals surface area contributed by atoms with E-state index in [4.69, 9.17) is 28.2 Å². The van der Waals surface area contributed by atoms with Gasteiger partial charge in [0.1, 0.15) is 5.78 Å². The lowest BCUT2D eigenvalue weighted by molar-refractivity contribution is -0.165. The van der Waals surface area contributed by atoms with Crippen LogP contribution in [0, 0.1) is 5.41 Å². The molecule has 0 saturated heterocycles. The number of aliphatic hydroxyl groups is 1. The number of halogens is 1. The lowest BCUT2D eigenvalue weighted by atomic mass is 9.74. The first-order valence-corrected chi connectivity index (χ1v) is 7.66. The Morgan fingerprint density at radius 2 is 1.87 bits per heavy atom. The highest BCUT2D eigenvalue weighted by molar-refractivity contribution is 6.31. The van der Waals surface area contributed by atoms with Crippen molar-refractivity contribution in [3.05, 3.63) is 34.9 Å². The first kappa shape index (κ1) is 19.6. The number of hydrogen-bond donors (Lipinski definition) is 4. The fraction of sp³-hybridized carbons (Fsp3) is 0.500. The van der Waals surface area contributed by atoms with Crippen molar-refractivity contribution in [2.24, 2.45) is 16.9 Å². The van der Waals surface area contributed by atoms with Gasteiger partial charge in [-0.1, -0.05) is 43.6 Å². The summed E-state index contributed by atoms with van der Waals surface area (Å²) < 4.78 is 0. The van der Waals surface area contributed by atoms with E-state index in [9.17, 15) is 14.7 Å². The Morgan fingerprint density at radius 3 is 2.39 bits per heavy atom. The zero-order valence-electron chi connectivity index (χ0n) is 13.3. The van der Waals surface area contributed by atoms with E-state index in [1.165, 1.54) is 13.8 Å². The van der Waals surface area contributed by atoms with E-state index in [1.807, 2.05) is 18.2 Å². The highest BCUT2D eigenvalue weighted by Gasteiger charge is 2.49. The number of aliphatic carboxylic acids is 1. The topological polar surface area (TPSA) is 127 Å². The summed E-state index contributed by atoms with van der Waals surface area (Å²) in [6.45, 7) is 2.96. The Hall–Kier alpha value is -1.47. The monoisotopic (exact) mass is 342 g/mol. The van der Waals surface area contributed by atoms with Crippen molar-refractivity contribution in [1.82, 2.24) is 0 Å². The van der Waals surface area contributed by atoms with Gasteiger partial charge in [-0.25, -0.2) is 4.79 Å². The molecule has 1 aromatic rings. The summed E-state index contributed by atoms with van der Waals surface area (Å²) in [6.07, 6.45) is 1.33. The van der Waals surface area contributed by atoms with Crippen molar-refractivity contribution in [1.29, 1.82) is 0 Å². The summed E-state index contributed by atoms with van der Waals surface area (Å²) >= 11 is 6.05. The maximum absolute atomic E-state index is 12.4. The SMILES string of the molecule is CC(C)(C(=O)CCCc1ccccc1Cl)C(N)[C@](N)(O)C(=O)O. The van der Waals surface area contributed by atoms with Crippen molar-refractivity contribution < 1.29 is 19.8 Å². The minimum Gasteiger partial charge on any atom is -0.478 e. The van der Waals surface area contributed by atoms with Gasteiger partial charge in [-0.3, -0.25) is 10.5 Å². The van der Waals surface area contributed by atoms with Gasteiger partial charge in [0, 0.05) is 16.9 Å². The minimum absolute atomic E-state index is 0.182. The Balaban J connectivity index is 2.69. The quantitative estimate of drug-likeness (QED) is 0.528. The number of benzene rings is 1. The summed E-state index contributed by atoms with van der Waals surface area (Å²) in [6, 6.07) is 5.92. The second kappa shape index (κ2) is 7.40. The second-order valence-corrected chi connectivity index (χ2v) is 6.61. The van der Waals surface area contributed by atoms with Gasteiger partial charge in [-0.2, -0.15) is 0 Å². The molecule has 0 saturated carbocycles. The molecule has 0 spiro atoms. The van der Waals surface area contributed by atoms with Crippen LogP contribution in [0.2, 0.25) is 5.02 Å². The van der Waals surface area contributed by atoms with Crippen molar-refractivity contribution in [2.45, 2.75) is 44.9 Å². The number of ketones is 1. The van der Waals surface area contributed by atoms with Gasteiger partial charge in [0.15, 0.2) is 0 Å². The Labute approximate surface area is 140 Å². The molecule has 1 aromatic carbocycles. The Bertz CT molecular complexity index is 587.